The Kier molecular flexibility index (Phi) is 5.08. The zero-order valence-electron chi connectivity index (χ0n) is 17.2. The molecule has 0 aliphatic carbocycles. The SMILES string of the molecule is COc1ncc(S(=O)(=O)N2CCN(C)CC2)cc1-c1nc2c(C)n(C)nc2c(=O)[nH]1. The summed E-state index contributed by atoms with van der Waals surface area (Å²) in [6, 6.07) is 1.44. The fraction of sp³-hybridized carbons (Fsp3) is 0.444. The Morgan fingerprint density at radius 1 is 1.13 bits per heavy atom. The Labute approximate surface area is 173 Å². The van der Waals surface area contributed by atoms with E-state index in [0.29, 0.717) is 37.4 Å². The second-order valence-electron chi connectivity index (χ2n) is 7.26. The number of H-pyrrole nitrogens is 1. The fourth-order valence-corrected chi connectivity index (χ4v) is 4.80. The third-order valence-electron chi connectivity index (χ3n) is 5.35. The summed E-state index contributed by atoms with van der Waals surface area (Å²) in [5, 5.41) is 4.17. The van der Waals surface area contributed by atoms with Crippen LogP contribution in [0, 0.1) is 6.92 Å². The van der Waals surface area contributed by atoms with E-state index in [1.54, 1.807) is 18.7 Å². The van der Waals surface area contributed by atoms with Crippen LogP contribution in [-0.4, -0.2) is 82.7 Å². The zero-order valence-corrected chi connectivity index (χ0v) is 18.0. The molecule has 0 bridgehead atoms. The Morgan fingerprint density at radius 3 is 2.50 bits per heavy atom. The molecule has 0 atom stereocenters. The average molecular weight is 433 g/mol. The van der Waals surface area contributed by atoms with E-state index in [0.717, 1.165) is 0 Å². The van der Waals surface area contributed by atoms with Gasteiger partial charge in [0.2, 0.25) is 15.9 Å². The van der Waals surface area contributed by atoms with Gasteiger partial charge in [-0.3, -0.25) is 9.48 Å². The van der Waals surface area contributed by atoms with Gasteiger partial charge < -0.3 is 14.6 Å². The van der Waals surface area contributed by atoms with Crippen molar-refractivity contribution in [3.63, 3.8) is 0 Å². The molecule has 1 aliphatic heterocycles. The van der Waals surface area contributed by atoms with Crippen LogP contribution in [0.3, 0.4) is 0 Å². The number of methoxy groups -OCH3 is 1. The molecule has 12 heteroatoms. The van der Waals surface area contributed by atoms with Crippen LogP contribution in [0.5, 0.6) is 5.88 Å². The van der Waals surface area contributed by atoms with Crippen molar-refractivity contribution in [3.8, 4) is 17.3 Å². The predicted molar refractivity (Wildman–Crippen MR) is 110 cm³/mol. The number of piperazine rings is 1. The summed E-state index contributed by atoms with van der Waals surface area (Å²) in [6.45, 7) is 3.91. The van der Waals surface area contributed by atoms with Crippen molar-refractivity contribution in [2.24, 2.45) is 7.05 Å². The van der Waals surface area contributed by atoms with Crippen LogP contribution in [0.4, 0.5) is 0 Å². The van der Waals surface area contributed by atoms with Gasteiger partial charge in [-0.05, 0) is 20.0 Å². The number of pyridine rings is 1. The first-order valence-electron chi connectivity index (χ1n) is 9.39. The van der Waals surface area contributed by atoms with Gasteiger partial charge in [0.25, 0.3) is 5.56 Å². The van der Waals surface area contributed by atoms with Crippen LogP contribution in [0.2, 0.25) is 0 Å². The predicted octanol–water partition coefficient (Wildman–Crippen LogP) is -0.0283. The standard InChI is InChI=1S/C18H23N7O4S/c1-11-14-15(22-24(11)3)17(26)21-16(20-14)13-9-12(10-19-18(13)29-4)30(27,28)25-7-5-23(2)6-8-25/h9-10H,5-8H2,1-4H3,(H,20,21,26). The highest BCUT2D eigenvalue weighted by Crippen LogP contribution is 2.29. The van der Waals surface area contributed by atoms with E-state index in [4.69, 9.17) is 4.74 Å². The number of ether oxygens (including phenoxy) is 1. The first kappa shape index (κ1) is 20.4. The van der Waals surface area contributed by atoms with E-state index in [1.807, 2.05) is 7.05 Å². The molecule has 3 aromatic rings. The molecule has 3 aromatic heterocycles. The van der Waals surface area contributed by atoms with Gasteiger partial charge in [0, 0.05) is 33.2 Å². The number of rotatable bonds is 4. The lowest BCUT2D eigenvalue weighted by atomic mass is 10.2. The summed E-state index contributed by atoms with van der Waals surface area (Å²) in [5.41, 5.74) is 1.23. The molecule has 4 heterocycles. The molecular weight excluding hydrogens is 410 g/mol. The maximum Gasteiger partial charge on any atom is 0.279 e. The van der Waals surface area contributed by atoms with Crippen molar-refractivity contribution in [1.82, 2.24) is 33.9 Å². The van der Waals surface area contributed by atoms with Gasteiger partial charge in [-0.2, -0.15) is 9.40 Å². The summed E-state index contributed by atoms with van der Waals surface area (Å²) in [4.78, 5) is 26.0. The summed E-state index contributed by atoms with van der Waals surface area (Å²) in [6.07, 6.45) is 1.27. The molecule has 11 nitrogen and oxygen atoms in total. The first-order chi connectivity index (χ1) is 14.2. The van der Waals surface area contributed by atoms with Crippen LogP contribution in [0.15, 0.2) is 22.0 Å². The number of hydrogen-bond donors (Lipinski definition) is 1. The molecule has 0 unspecified atom stereocenters. The van der Waals surface area contributed by atoms with Gasteiger partial charge in [-0.15, -0.1) is 0 Å². The third-order valence-corrected chi connectivity index (χ3v) is 7.21. The van der Waals surface area contributed by atoms with Gasteiger partial charge >= 0.3 is 0 Å². The number of hydrogen-bond acceptors (Lipinski definition) is 8. The first-order valence-corrected chi connectivity index (χ1v) is 10.8. The van der Waals surface area contributed by atoms with Crippen molar-refractivity contribution in [1.29, 1.82) is 0 Å². The van der Waals surface area contributed by atoms with E-state index < -0.39 is 15.6 Å². The van der Waals surface area contributed by atoms with E-state index in [1.165, 1.54) is 23.7 Å². The van der Waals surface area contributed by atoms with E-state index >= 15 is 0 Å². The number of aromatic nitrogens is 5. The quantitative estimate of drug-likeness (QED) is 0.608. The second-order valence-corrected chi connectivity index (χ2v) is 9.19. The number of likely N-dealkylation sites (N-methyl/N-ethyl adjacent to an activating group) is 1. The molecule has 1 fully saturated rings. The highest BCUT2D eigenvalue weighted by molar-refractivity contribution is 7.89. The number of fused-ring (bicyclic) bond motifs is 1. The van der Waals surface area contributed by atoms with E-state index in [-0.39, 0.29) is 27.7 Å². The molecule has 0 spiro atoms. The van der Waals surface area contributed by atoms with Crippen LogP contribution in [-0.2, 0) is 17.1 Å². The summed E-state index contributed by atoms with van der Waals surface area (Å²) in [5.74, 6) is 0.333. The molecule has 4 rings (SSSR count). The van der Waals surface area contributed by atoms with Gasteiger partial charge in [-0.25, -0.2) is 18.4 Å². The summed E-state index contributed by atoms with van der Waals surface area (Å²) in [7, 11) is 1.36. The molecule has 160 valence electrons. The van der Waals surface area contributed by atoms with E-state index in [2.05, 4.69) is 25.0 Å². The Morgan fingerprint density at radius 2 is 1.83 bits per heavy atom. The molecule has 0 saturated carbocycles. The molecule has 30 heavy (non-hydrogen) atoms. The number of aromatic amines is 1. The largest absolute Gasteiger partial charge is 0.480 e. The lowest BCUT2D eigenvalue weighted by Crippen LogP contribution is -2.47. The van der Waals surface area contributed by atoms with Crippen molar-refractivity contribution >= 4 is 21.1 Å². The molecular formula is C18H23N7O4S. The van der Waals surface area contributed by atoms with Gasteiger partial charge in [0.1, 0.15) is 16.2 Å². The zero-order chi connectivity index (χ0) is 21.6. The monoisotopic (exact) mass is 433 g/mol. The highest BCUT2D eigenvalue weighted by atomic mass is 32.2. The second kappa shape index (κ2) is 7.45. The van der Waals surface area contributed by atoms with Gasteiger partial charge in [0.05, 0.1) is 24.6 Å². The third kappa shape index (κ3) is 3.36. The molecule has 0 amide bonds. The van der Waals surface area contributed by atoms with Crippen LogP contribution < -0.4 is 10.3 Å². The lowest BCUT2D eigenvalue weighted by Gasteiger charge is -2.31. The van der Waals surface area contributed by atoms with Crippen molar-refractivity contribution in [2.45, 2.75) is 11.8 Å². The summed E-state index contributed by atoms with van der Waals surface area (Å²) < 4.78 is 34.6. The number of nitrogens with zero attached hydrogens (tertiary/aromatic N) is 6. The minimum atomic E-state index is -3.75. The van der Waals surface area contributed by atoms with E-state index in [9.17, 15) is 13.2 Å². The van der Waals surface area contributed by atoms with Crippen LogP contribution in [0.1, 0.15) is 5.69 Å². The minimum Gasteiger partial charge on any atom is -0.480 e. The molecule has 0 aromatic carbocycles. The van der Waals surface area contributed by atoms with Gasteiger partial charge in [0.15, 0.2) is 5.52 Å². The van der Waals surface area contributed by atoms with Crippen molar-refractivity contribution < 1.29 is 13.2 Å². The molecule has 1 saturated heterocycles. The summed E-state index contributed by atoms with van der Waals surface area (Å²) >= 11 is 0. The highest BCUT2D eigenvalue weighted by Gasteiger charge is 2.29. The smallest absolute Gasteiger partial charge is 0.279 e. The number of nitrogens with one attached hydrogen (secondary N) is 1. The Bertz CT molecular complexity index is 1270. The average Bonchev–Trinajstić information content (AvgIpc) is 3.02. The normalized spacial score (nSPS) is 16.3. The van der Waals surface area contributed by atoms with Crippen molar-refractivity contribution in [2.75, 3.05) is 40.3 Å². The maximum absolute atomic E-state index is 13.1. The fourth-order valence-electron chi connectivity index (χ4n) is 3.40. The molecule has 0 radical (unpaired) electrons. The number of sulfonamides is 1. The Balaban J connectivity index is 1.84. The van der Waals surface area contributed by atoms with Gasteiger partial charge in [-0.1, -0.05) is 0 Å². The van der Waals surface area contributed by atoms with Crippen LogP contribution in [0.25, 0.3) is 22.4 Å². The number of aryl methyl sites for hydroxylation is 2. The topological polar surface area (TPSA) is 126 Å². The molecule has 1 aliphatic rings. The minimum absolute atomic E-state index is 0.0218. The maximum atomic E-state index is 13.1. The van der Waals surface area contributed by atoms with Crippen LogP contribution >= 0.6 is 0 Å². The Hall–Kier alpha value is -2.83. The van der Waals surface area contributed by atoms with Crippen molar-refractivity contribution in [3.05, 3.63) is 28.3 Å². The lowest BCUT2D eigenvalue weighted by molar-refractivity contribution is 0.222. The molecule has 1 N–H and O–H groups in total.